The van der Waals surface area contributed by atoms with Crippen LogP contribution in [0.5, 0.6) is 23.0 Å². The number of ether oxygens (including phenoxy) is 4. The van der Waals surface area contributed by atoms with Crippen LogP contribution in [0.4, 0.5) is 0 Å². The molecular formula is C27H22BrCl2N3O6S. The maximum absolute atomic E-state index is 12.1. The summed E-state index contributed by atoms with van der Waals surface area (Å²) in [4.78, 5) is 16.5. The van der Waals surface area contributed by atoms with Crippen LogP contribution in [0.25, 0.3) is 17.5 Å². The van der Waals surface area contributed by atoms with Crippen LogP contribution in [0, 0.1) is 0 Å². The van der Waals surface area contributed by atoms with Crippen LogP contribution >= 0.6 is 50.9 Å². The van der Waals surface area contributed by atoms with Crippen molar-refractivity contribution in [1.29, 1.82) is 0 Å². The van der Waals surface area contributed by atoms with Gasteiger partial charge in [0.2, 0.25) is 5.16 Å². The Morgan fingerprint density at radius 2 is 1.77 bits per heavy atom. The van der Waals surface area contributed by atoms with Gasteiger partial charge in [0, 0.05) is 27.2 Å². The number of aromatic nitrogens is 3. The van der Waals surface area contributed by atoms with Gasteiger partial charge in [0.25, 0.3) is 0 Å². The van der Waals surface area contributed by atoms with Gasteiger partial charge in [-0.15, -0.1) is 5.10 Å². The van der Waals surface area contributed by atoms with Crippen LogP contribution in [0.1, 0.15) is 11.1 Å². The fourth-order valence-electron chi connectivity index (χ4n) is 3.50. The van der Waals surface area contributed by atoms with Gasteiger partial charge in [-0.2, -0.15) is 0 Å². The van der Waals surface area contributed by atoms with Crippen molar-refractivity contribution in [3.63, 3.8) is 0 Å². The molecule has 0 spiro atoms. The monoisotopic (exact) mass is 665 g/mol. The first-order valence-corrected chi connectivity index (χ1v) is 13.8. The molecule has 0 unspecified atom stereocenters. The smallest absolute Gasteiger partial charge is 0.342 e. The van der Waals surface area contributed by atoms with Gasteiger partial charge in [-0.05, 0) is 75.7 Å². The zero-order valence-electron chi connectivity index (χ0n) is 21.3. The number of methoxy groups -OCH3 is 3. The molecule has 0 aliphatic heterocycles. The molecule has 13 heteroatoms. The van der Waals surface area contributed by atoms with Crippen LogP contribution < -0.4 is 18.9 Å². The van der Waals surface area contributed by atoms with E-state index in [2.05, 4.69) is 31.1 Å². The molecule has 208 valence electrons. The number of nitrogens with zero attached hydrogens (tertiary/aromatic N) is 2. The van der Waals surface area contributed by atoms with E-state index in [1.807, 2.05) is 0 Å². The maximum atomic E-state index is 12.1. The molecule has 1 aromatic heterocycles. The van der Waals surface area contributed by atoms with Gasteiger partial charge in [-0.3, -0.25) is 5.10 Å². The molecule has 0 aliphatic carbocycles. The third kappa shape index (κ3) is 7.22. The van der Waals surface area contributed by atoms with Crippen molar-refractivity contribution in [2.24, 2.45) is 0 Å². The Hall–Kier alpha value is -3.38. The minimum absolute atomic E-state index is 0.00987. The van der Waals surface area contributed by atoms with Crippen LogP contribution in [-0.2, 0) is 11.4 Å². The van der Waals surface area contributed by atoms with Crippen molar-refractivity contribution in [3.05, 3.63) is 79.1 Å². The summed E-state index contributed by atoms with van der Waals surface area (Å²) >= 11 is 16.6. The van der Waals surface area contributed by atoms with Gasteiger partial charge in [-0.25, -0.2) is 9.78 Å². The number of hydrogen-bond acceptors (Lipinski definition) is 8. The Morgan fingerprint density at radius 1 is 1.05 bits per heavy atom. The molecule has 40 heavy (non-hydrogen) atoms. The van der Waals surface area contributed by atoms with Gasteiger partial charge in [0.15, 0.2) is 17.3 Å². The zero-order valence-corrected chi connectivity index (χ0v) is 25.2. The van der Waals surface area contributed by atoms with E-state index in [1.54, 1.807) is 62.8 Å². The Morgan fingerprint density at radius 3 is 2.40 bits per heavy atom. The number of thioether (sulfide) groups is 1. The van der Waals surface area contributed by atoms with E-state index in [-0.39, 0.29) is 16.7 Å². The summed E-state index contributed by atoms with van der Waals surface area (Å²) in [5.74, 6) is 1.27. The highest BCUT2D eigenvalue weighted by Gasteiger charge is 2.18. The van der Waals surface area contributed by atoms with E-state index in [1.165, 1.54) is 13.2 Å². The number of aromatic amines is 1. The van der Waals surface area contributed by atoms with Crippen LogP contribution in [0.3, 0.4) is 0 Å². The lowest BCUT2D eigenvalue weighted by Gasteiger charge is -2.14. The number of rotatable bonds is 11. The summed E-state index contributed by atoms with van der Waals surface area (Å²) < 4.78 is 22.6. The standard InChI is InChI=1S/C27H22BrCl2N3O6S/c1-36-18-9-16(10-19(12-18)37-2)25-31-27(33-32-25)40-23(26(34)35)8-14-6-20(28)24(22(7-14)38-3)39-13-15-4-5-17(29)11-21(15)30/h4-12H,13H2,1-3H3,(H,34,35)(H,31,32,33)/b23-8-. The first-order valence-electron chi connectivity index (χ1n) is 11.4. The predicted octanol–water partition coefficient (Wildman–Crippen LogP) is 7.36. The topological polar surface area (TPSA) is 116 Å². The number of hydrogen-bond donors (Lipinski definition) is 2. The Balaban J connectivity index is 1.57. The van der Waals surface area contributed by atoms with Crippen molar-refractivity contribution in [1.82, 2.24) is 15.2 Å². The fraction of sp³-hybridized carbons (Fsp3) is 0.148. The second kappa shape index (κ2) is 13.3. The lowest BCUT2D eigenvalue weighted by Crippen LogP contribution is -2.00. The largest absolute Gasteiger partial charge is 0.497 e. The summed E-state index contributed by atoms with van der Waals surface area (Å²) in [6.07, 6.45) is 1.49. The number of carboxylic acids is 1. The molecule has 4 rings (SSSR count). The lowest BCUT2D eigenvalue weighted by molar-refractivity contribution is -0.131. The van der Waals surface area contributed by atoms with Crippen molar-refractivity contribution in [2.75, 3.05) is 21.3 Å². The highest BCUT2D eigenvalue weighted by Crippen LogP contribution is 2.39. The molecule has 0 saturated heterocycles. The summed E-state index contributed by atoms with van der Waals surface area (Å²) in [7, 11) is 4.59. The van der Waals surface area contributed by atoms with Crippen LogP contribution in [0.2, 0.25) is 10.0 Å². The highest BCUT2D eigenvalue weighted by molar-refractivity contribution is 9.10. The minimum Gasteiger partial charge on any atom is -0.497 e. The van der Waals surface area contributed by atoms with Gasteiger partial charge in [-0.1, -0.05) is 29.3 Å². The van der Waals surface area contributed by atoms with Crippen molar-refractivity contribution in [3.8, 4) is 34.4 Å². The number of halogens is 3. The molecule has 0 atom stereocenters. The summed E-state index contributed by atoms with van der Waals surface area (Å²) in [6.45, 7) is 0.169. The Labute approximate surface area is 252 Å². The number of carboxylic acid groups (broad SMARTS) is 1. The van der Waals surface area contributed by atoms with Gasteiger partial charge in [0.05, 0.1) is 25.8 Å². The molecule has 3 aromatic carbocycles. The van der Waals surface area contributed by atoms with E-state index < -0.39 is 5.97 Å². The van der Waals surface area contributed by atoms with Crippen LogP contribution in [-0.4, -0.2) is 47.6 Å². The maximum Gasteiger partial charge on any atom is 0.342 e. The van der Waals surface area contributed by atoms with E-state index in [4.69, 9.17) is 42.1 Å². The molecule has 0 amide bonds. The second-order valence-corrected chi connectivity index (χ2v) is 10.7. The number of carbonyl (C=O) groups is 1. The lowest BCUT2D eigenvalue weighted by atomic mass is 10.2. The van der Waals surface area contributed by atoms with Crippen molar-refractivity contribution in [2.45, 2.75) is 11.8 Å². The molecule has 9 nitrogen and oxygen atoms in total. The fourth-order valence-corrected chi connectivity index (χ4v) is 5.25. The molecule has 1 heterocycles. The average molecular weight is 667 g/mol. The van der Waals surface area contributed by atoms with E-state index in [9.17, 15) is 9.90 Å². The summed E-state index contributed by atoms with van der Waals surface area (Å²) in [6, 6.07) is 13.8. The molecule has 0 radical (unpaired) electrons. The van der Waals surface area contributed by atoms with Gasteiger partial charge < -0.3 is 24.1 Å². The highest BCUT2D eigenvalue weighted by atomic mass is 79.9. The normalized spacial score (nSPS) is 11.3. The number of nitrogens with one attached hydrogen (secondary N) is 1. The number of H-pyrrole nitrogens is 1. The molecule has 4 aromatic rings. The minimum atomic E-state index is -1.15. The summed E-state index contributed by atoms with van der Waals surface area (Å²) in [5.41, 5.74) is 1.96. The summed E-state index contributed by atoms with van der Waals surface area (Å²) in [5, 5.41) is 18.1. The zero-order chi connectivity index (χ0) is 28.8. The Kier molecular flexibility index (Phi) is 9.85. The molecule has 0 saturated carbocycles. The molecule has 0 fully saturated rings. The first kappa shape index (κ1) is 29.6. The Bertz CT molecular complexity index is 1560. The molecule has 0 aliphatic rings. The third-order valence-electron chi connectivity index (χ3n) is 5.44. The third-order valence-corrected chi connectivity index (χ3v) is 7.49. The average Bonchev–Trinajstić information content (AvgIpc) is 3.41. The van der Waals surface area contributed by atoms with E-state index in [0.29, 0.717) is 54.5 Å². The van der Waals surface area contributed by atoms with Crippen molar-refractivity contribution < 1.29 is 28.8 Å². The molecule has 2 N–H and O–H groups in total. The van der Waals surface area contributed by atoms with E-state index in [0.717, 1.165) is 17.3 Å². The van der Waals surface area contributed by atoms with Crippen molar-refractivity contribution >= 4 is 62.9 Å². The van der Waals surface area contributed by atoms with Crippen LogP contribution in [0.15, 0.2) is 63.1 Å². The second-order valence-electron chi connectivity index (χ2n) is 8.04. The van der Waals surface area contributed by atoms with Gasteiger partial charge in [0.1, 0.15) is 23.0 Å². The van der Waals surface area contributed by atoms with E-state index >= 15 is 0 Å². The quantitative estimate of drug-likeness (QED) is 0.125. The SMILES string of the molecule is COc1cc(OC)cc(-c2nc(S/C(=C\c3cc(Br)c(OCc4ccc(Cl)cc4Cl)c(OC)c3)C(=O)O)n[nH]2)c1. The molecule has 0 bridgehead atoms. The number of aliphatic carboxylic acids is 1. The molecular weight excluding hydrogens is 645 g/mol. The first-order chi connectivity index (χ1) is 19.2. The number of benzene rings is 3. The van der Waals surface area contributed by atoms with Gasteiger partial charge >= 0.3 is 5.97 Å². The predicted molar refractivity (Wildman–Crippen MR) is 158 cm³/mol.